The predicted octanol–water partition coefficient (Wildman–Crippen LogP) is 4.97. The molecule has 3 aromatic rings. The number of nitrogens with zero attached hydrogens (tertiary/aromatic N) is 3. The van der Waals surface area contributed by atoms with Crippen LogP contribution in [0.5, 0.6) is 17.2 Å². The van der Waals surface area contributed by atoms with Gasteiger partial charge in [-0.05, 0) is 61.6 Å². The number of ether oxygens (including phenoxy) is 3. The summed E-state index contributed by atoms with van der Waals surface area (Å²) in [4.78, 5) is 16.7. The summed E-state index contributed by atoms with van der Waals surface area (Å²) in [5, 5.41) is 13.0. The van der Waals surface area contributed by atoms with Gasteiger partial charge >= 0.3 is 0 Å². The smallest absolute Gasteiger partial charge is 0.268 e. The lowest BCUT2D eigenvalue weighted by Crippen LogP contribution is -2.13. The molecular formula is C24H24N4O4S2. The summed E-state index contributed by atoms with van der Waals surface area (Å²) >= 11 is 2.43. The maximum Gasteiger partial charge on any atom is 0.268 e. The molecule has 0 radical (unpaired) electrons. The SMILES string of the molecule is CCOc1cc(/C=C(/C#N)C(=O)Nc2nc(SC)ns2)ccc1OCCOc1cccc(C)c1. The van der Waals surface area contributed by atoms with Crippen molar-refractivity contribution in [2.24, 2.45) is 0 Å². The van der Waals surface area contributed by atoms with Crippen molar-refractivity contribution in [1.29, 1.82) is 5.26 Å². The molecule has 1 aromatic heterocycles. The Hall–Kier alpha value is -3.55. The molecule has 0 aliphatic carbocycles. The van der Waals surface area contributed by atoms with Crippen LogP contribution in [0.2, 0.25) is 0 Å². The van der Waals surface area contributed by atoms with E-state index in [4.69, 9.17) is 14.2 Å². The number of carbonyl (C=O) groups is 1. The number of benzene rings is 2. The number of thioether (sulfide) groups is 1. The van der Waals surface area contributed by atoms with Crippen molar-refractivity contribution in [3.63, 3.8) is 0 Å². The number of carbonyl (C=O) groups excluding carboxylic acids is 1. The van der Waals surface area contributed by atoms with Gasteiger partial charge in [-0.1, -0.05) is 30.0 Å². The van der Waals surface area contributed by atoms with Gasteiger partial charge in [0.05, 0.1) is 6.61 Å². The zero-order valence-corrected chi connectivity index (χ0v) is 20.7. The van der Waals surface area contributed by atoms with Crippen LogP contribution in [0.1, 0.15) is 18.1 Å². The monoisotopic (exact) mass is 496 g/mol. The molecule has 3 rings (SSSR count). The molecule has 1 heterocycles. The van der Waals surface area contributed by atoms with E-state index in [1.807, 2.05) is 50.4 Å². The third-order valence-corrected chi connectivity index (χ3v) is 5.65. The highest BCUT2D eigenvalue weighted by Crippen LogP contribution is 2.29. The van der Waals surface area contributed by atoms with Crippen molar-refractivity contribution in [3.05, 3.63) is 59.2 Å². The summed E-state index contributed by atoms with van der Waals surface area (Å²) in [6, 6.07) is 15.0. The zero-order chi connectivity index (χ0) is 24.3. The number of amides is 1. The molecule has 10 heteroatoms. The Bertz CT molecular complexity index is 1200. The summed E-state index contributed by atoms with van der Waals surface area (Å²) in [5.41, 5.74) is 1.68. The number of hydrogen-bond donors (Lipinski definition) is 1. The van der Waals surface area contributed by atoms with E-state index >= 15 is 0 Å². The highest BCUT2D eigenvalue weighted by atomic mass is 32.2. The third-order valence-electron chi connectivity index (χ3n) is 4.35. The van der Waals surface area contributed by atoms with Gasteiger partial charge in [0.2, 0.25) is 10.3 Å². The van der Waals surface area contributed by atoms with E-state index in [9.17, 15) is 10.1 Å². The van der Waals surface area contributed by atoms with Crippen LogP contribution in [0.25, 0.3) is 6.08 Å². The number of rotatable bonds is 11. The highest BCUT2D eigenvalue weighted by Gasteiger charge is 2.14. The van der Waals surface area contributed by atoms with Gasteiger partial charge in [-0.2, -0.15) is 14.6 Å². The standard InChI is InChI=1S/C24H24N4O4S2/c1-4-30-21-14-17(13-18(15-25)22(29)26-23-27-24(33-3)28-34-23)8-9-20(21)32-11-10-31-19-7-5-6-16(2)12-19/h5-9,12-14H,4,10-11H2,1-3H3,(H,26,27,28,29)/b18-13-. The fourth-order valence-electron chi connectivity index (χ4n) is 2.84. The van der Waals surface area contributed by atoms with Gasteiger partial charge in [0.15, 0.2) is 11.5 Å². The molecule has 1 amide bonds. The summed E-state index contributed by atoms with van der Waals surface area (Å²) in [6.07, 6.45) is 3.33. The van der Waals surface area contributed by atoms with Crippen LogP contribution in [-0.4, -0.2) is 41.3 Å². The fraction of sp³-hybridized carbons (Fsp3) is 0.250. The van der Waals surface area contributed by atoms with Crippen LogP contribution >= 0.6 is 23.3 Å². The maximum atomic E-state index is 12.5. The summed E-state index contributed by atoms with van der Waals surface area (Å²) in [7, 11) is 0. The van der Waals surface area contributed by atoms with E-state index < -0.39 is 5.91 Å². The molecule has 0 saturated heterocycles. The Morgan fingerprint density at radius 2 is 2.00 bits per heavy atom. The zero-order valence-electron chi connectivity index (χ0n) is 19.0. The molecule has 34 heavy (non-hydrogen) atoms. The first-order valence-corrected chi connectivity index (χ1v) is 12.4. The lowest BCUT2D eigenvalue weighted by Gasteiger charge is -2.13. The average Bonchev–Trinajstić information content (AvgIpc) is 3.29. The highest BCUT2D eigenvalue weighted by molar-refractivity contribution is 7.98. The molecule has 1 N–H and O–H groups in total. The van der Waals surface area contributed by atoms with Gasteiger partial charge in [-0.3, -0.25) is 10.1 Å². The van der Waals surface area contributed by atoms with E-state index in [0.717, 1.165) is 22.8 Å². The van der Waals surface area contributed by atoms with Crippen LogP contribution in [0.3, 0.4) is 0 Å². The van der Waals surface area contributed by atoms with E-state index in [1.165, 1.54) is 17.8 Å². The third kappa shape index (κ3) is 7.23. The second-order valence-corrected chi connectivity index (χ2v) is 8.39. The minimum Gasteiger partial charge on any atom is -0.490 e. The lowest BCUT2D eigenvalue weighted by atomic mass is 10.1. The average molecular weight is 497 g/mol. The predicted molar refractivity (Wildman–Crippen MR) is 134 cm³/mol. The van der Waals surface area contributed by atoms with Crippen LogP contribution < -0.4 is 19.5 Å². The minimum absolute atomic E-state index is 0.0661. The van der Waals surface area contributed by atoms with Crippen molar-refractivity contribution < 1.29 is 19.0 Å². The van der Waals surface area contributed by atoms with Crippen molar-refractivity contribution in [2.45, 2.75) is 19.0 Å². The van der Waals surface area contributed by atoms with Crippen molar-refractivity contribution in [1.82, 2.24) is 9.36 Å². The van der Waals surface area contributed by atoms with Gasteiger partial charge < -0.3 is 14.2 Å². The van der Waals surface area contributed by atoms with Gasteiger partial charge in [-0.25, -0.2) is 0 Å². The summed E-state index contributed by atoms with van der Waals surface area (Å²) in [6.45, 7) is 5.01. The van der Waals surface area contributed by atoms with Gasteiger partial charge in [0.25, 0.3) is 5.91 Å². The normalized spacial score (nSPS) is 10.9. The summed E-state index contributed by atoms with van der Waals surface area (Å²) < 4.78 is 21.3. The Morgan fingerprint density at radius 1 is 1.18 bits per heavy atom. The molecule has 0 fully saturated rings. The topological polar surface area (TPSA) is 106 Å². The summed E-state index contributed by atoms with van der Waals surface area (Å²) in [5.74, 6) is 1.29. The van der Waals surface area contributed by atoms with Crippen LogP contribution in [0, 0.1) is 18.3 Å². The number of anilines is 1. The van der Waals surface area contributed by atoms with Gasteiger partial charge in [0.1, 0.15) is 30.6 Å². The molecule has 0 aliphatic heterocycles. The first-order valence-electron chi connectivity index (χ1n) is 10.4. The number of nitrogens with one attached hydrogen (secondary N) is 1. The molecule has 176 valence electrons. The quantitative estimate of drug-likeness (QED) is 0.172. The van der Waals surface area contributed by atoms with E-state index in [1.54, 1.807) is 18.2 Å². The Morgan fingerprint density at radius 3 is 2.71 bits per heavy atom. The van der Waals surface area contributed by atoms with Crippen LogP contribution in [0.15, 0.2) is 53.2 Å². The number of aryl methyl sites for hydroxylation is 1. The molecule has 0 bridgehead atoms. The molecule has 0 aliphatic rings. The molecule has 0 atom stereocenters. The molecule has 0 saturated carbocycles. The molecular weight excluding hydrogens is 472 g/mol. The van der Waals surface area contributed by atoms with Crippen molar-refractivity contribution in [3.8, 4) is 23.3 Å². The Balaban J connectivity index is 1.65. The second kappa shape index (κ2) is 12.6. The number of aromatic nitrogens is 2. The number of nitriles is 1. The Labute approximate surface area is 206 Å². The van der Waals surface area contributed by atoms with E-state index in [0.29, 0.717) is 47.2 Å². The van der Waals surface area contributed by atoms with Crippen LogP contribution in [0.4, 0.5) is 5.13 Å². The second-order valence-electron chi connectivity index (χ2n) is 6.86. The van der Waals surface area contributed by atoms with Crippen molar-refractivity contribution in [2.75, 3.05) is 31.4 Å². The largest absolute Gasteiger partial charge is 0.490 e. The Kier molecular flexibility index (Phi) is 9.31. The molecule has 8 nitrogen and oxygen atoms in total. The molecule has 2 aromatic carbocycles. The lowest BCUT2D eigenvalue weighted by molar-refractivity contribution is -0.112. The van der Waals surface area contributed by atoms with E-state index in [2.05, 4.69) is 14.7 Å². The maximum absolute atomic E-state index is 12.5. The van der Waals surface area contributed by atoms with E-state index in [-0.39, 0.29) is 5.57 Å². The first-order chi connectivity index (χ1) is 16.5. The molecule has 0 unspecified atom stereocenters. The van der Waals surface area contributed by atoms with Gasteiger partial charge in [0, 0.05) is 11.5 Å². The fourth-order valence-corrected chi connectivity index (χ4v) is 3.96. The van der Waals surface area contributed by atoms with Crippen LogP contribution in [-0.2, 0) is 4.79 Å². The van der Waals surface area contributed by atoms with Crippen molar-refractivity contribution >= 4 is 40.4 Å². The minimum atomic E-state index is -0.558. The first kappa shape index (κ1) is 25.1. The molecule has 0 spiro atoms. The number of hydrogen-bond acceptors (Lipinski definition) is 9. The van der Waals surface area contributed by atoms with Gasteiger partial charge in [-0.15, -0.1) is 0 Å².